The molecule has 0 spiro atoms. The lowest BCUT2D eigenvalue weighted by atomic mass is 9.98. The molecular formula is C20H32N2O14S. The minimum absolute atomic E-state index is 0.0716. The van der Waals surface area contributed by atoms with E-state index in [4.69, 9.17) is 38.7 Å². The smallest absolute Gasteiger partial charge is 0.303 e. The van der Waals surface area contributed by atoms with Gasteiger partial charge in [-0.2, -0.15) is 8.42 Å². The summed E-state index contributed by atoms with van der Waals surface area (Å²) in [6.07, 6.45) is -7.12. The number of carbonyl (C=O) groups is 5. The first-order chi connectivity index (χ1) is 17.1. The number of hydrogen-bond donors (Lipinski definition) is 3. The number of nitrogens with one attached hydrogen (secondary N) is 1. The summed E-state index contributed by atoms with van der Waals surface area (Å²) in [6.45, 7) is 3.23. The molecule has 16 nitrogen and oxygen atoms in total. The summed E-state index contributed by atoms with van der Waals surface area (Å²) in [4.78, 5) is 58.8. The van der Waals surface area contributed by atoms with Crippen LogP contribution in [-0.4, -0.2) is 105 Å². The molecule has 0 aromatic heterocycles. The van der Waals surface area contributed by atoms with Gasteiger partial charge in [0, 0.05) is 34.2 Å². The second-order valence-electron chi connectivity index (χ2n) is 7.94. The highest BCUT2D eigenvalue weighted by molar-refractivity contribution is 7.85. The van der Waals surface area contributed by atoms with E-state index in [0.29, 0.717) is 0 Å². The van der Waals surface area contributed by atoms with Gasteiger partial charge in [-0.3, -0.25) is 28.5 Å². The zero-order valence-electron chi connectivity index (χ0n) is 20.7. The molecule has 0 aliphatic carbocycles. The van der Waals surface area contributed by atoms with Gasteiger partial charge in [-0.25, -0.2) is 0 Å². The van der Waals surface area contributed by atoms with Crippen LogP contribution in [0.2, 0.25) is 0 Å². The van der Waals surface area contributed by atoms with E-state index in [1.54, 1.807) is 0 Å². The molecule has 0 radical (unpaired) electrons. The van der Waals surface area contributed by atoms with Crippen molar-refractivity contribution in [2.45, 2.75) is 70.9 Å². The number of ether oxygens (including phenoxy) is 6. The molecule has 0 saturated carbocycles. The van der Waals surface area contributed by atoms with Crippen molar-refractivity contribution in [3.05, 3.63) is 0 Å². The lowest BCUT2D eigenvalue weighted by molar-refractivity contribution is -0.308. The third-order valence-corrected chi connectivity index (χ3v) is 5.41. The Morgan fingerprint density at radius 3 is 1.97 bits per heavy atom. The number of nitrogens with two attached hydrogens (primary N) is 1. The largest absolute Gasteiger partial charge is 0.463 e. The normalized spacial score (nSPS) is 24.3. The van der Waals surface area contributed by atoms with E-state index >= 15 is 0 Å². The summed E-state index contributed by atoms with van der Waals surface area (Å²) in [6, 6.07) is -1.31. The van der Waals surface area contributed by atoms with Crippen molar-refractivity contribution >= 4 is 39.9 Å². The Balaban J connectivity index is 3.06. The van der Waals surface area contributed by atoms with Gasteiger partial charge in [0.05, 0.1) is 12.4 Å². The second kappa shape index (κ2) is 14.8. The van der Waals surface area contributed by atoms with Crippen LogP contribution in [-0.2, 0) is 62.5 Å². The molecular weight excluding hydrogens is 524 g/mol. The van der Waals surface area contributed by atoms with Crippen LogP contribution in [0.5, 0.6) is 0 Å². The quantitative estimate of drug-likeness (QED) is 0.0945. The van der Waals surface area contributed by atoms with Crippen LogP contribution in [0.25, 0.3) is 0 Å². The van der Waals surface area contributed by atoms with Gasteiger partial charge in [-0.05, 0) is 6.42 Å². The van der Waals surface area contributed by atoms with Crippen molar-refractivity contribution in [2.75, 3.05) is 25.5 Å². The van der Waals surface area contributed by atoms with Crippen molar-refractivity contribution in [3.8, 4) is 0 Å². The molecule has 0 unspecified atom stereocenters. The first-order valence-electron chi connectivity index (χ1n) is 11.0. The van der Waals surface area contributed by atoms with Gasteiger partial charge in [0.25, 0.3) is 10.1 Å². The zero-order chi connectivity index (χ0) is 28.3. The molecule has 37 heavy (non-hydrogen) atoms. The highest BCUT2D eigenvalue weighted by Gasteiger charge is 2.52. The molecule has 0 aromatic rings. The van der Waals surface area contributed by atoms with Crippen molar-refractivity contribution in [1.29, 1.82) is 0 Å². The third kappa shape index (κ3) is 12.3. The molecule has 1 fully saturated rings. The maximum atomic E-state index is 12.2. The summed E-state index contributed by atoms with van der Waals surface area (Å²) in [7, 11) is -4.19. The van der Waals surface area contributed by atoms with Crippen molar-refractivity contribution < 1.29 is 65.4 Å². The monoisotopic (exact) mass is 556 g/mol. The molecule has 1 heterocycles. The number of carbonyl (C=O) groups excluding carboxylic acids is 5. The Hall–Kier alpha value is -2.86. The van der Waals surface area contributed by atoms with Gasteiger partial charge in [-0.15, -0.1) is 0 Å². The minimum atomic E-state index is -4.19. The molecule has 212 valence electrons. The van der Waals surface area contributed by atoms with Crippen LogP contribution in [0.4, 0.5) is 0 Å². The van der Waals surface area contributed by atoms with Gasteiger partial charge < -0.3 is 39.5 Å². The Kier molecular flexibility index (Phi) is 12.8. The Labute approximate surface area is 213 Å². The third-order valence-electron chi connectivity index (χ3n) is 4.60. The van der Waals surface area contributed by atoms with E-state index in [1.165, 1.54) is 0 Å². The fraction of sp³-hybridized carbons (Fsp3) is 0.750. The average Bonchev–Trinajstić information content (AvgIpc) is 2.75. The van der Waals surface area contributed by atoms with Crippen LogP contribution in [0, 0.1) is 0 Å². The fourth-order valence-electron chi connectivity index (χ4n) is 3.19. The molecule has 0 aromatic carbocycles. The van der Waals surface area contributed by atoms with Crippen molar-refractivity contribution in [1.82, 2.24) is 5.32 Å². The van der Waals surface area contributed by atoms with Crippen molar-refractivity contribution in [3.63, 3.8) is 0 Å². The van der Waals surface area contributed by atoms with Gasteiger partial charge in [0.2, 0.25) is 5.91 Å². The van der Waals surface area contributed by atoms with Gasteiger partial charge in [-0.1, -0.05) is 0 Å². The van der Waals surface area contributed by atoms with E-state index in [0.717, 1.165) is 27.7 Å². The first kappa shape index (κ1) is 32.2. The summed E-state index contributed by atoms with van der Waals surface area (Å²) >= 11 is 0. The Bertz CT molecular complexity index is 939. The molecule has 1 aliphatic heterocycles. The average molecular weight is 557 g/mol. The van der Waals surface area contributed by atoms with E-state index in [9.17, 15) is 32.4 Å². The fourth-order valence-corrected chi connectivity index (χ4v) is 3.70. The molecule has 4 N–H and O–H groups in total. The minimum Gasteiger partial charge on any atom is -0.463 e. The number of hydrogen-bond acceptors (Lipinski definition) is 14. The molecule has 1 saturated heterocycles. The summed E-state index contributed by atoms with van der Waals surface area (Å²) in [5.41, 5.74) is 5.80. The van der Waals surface area contributed by atoms with E-state index < -0.39 is 95.6 Å². The van der Waals surface area contributed by atoms with E-state index in [2.05, 4.69) is 5.32 Å². The Morgan fingerprint density at radius 1 is 0.919 bits per heavy atom. The lowest BCUT2D eigenvalue weighted by Gasteiger charge is -2.44. The number of rotatable bonds is 13. The maximum absolute atomic E-state index is 12.2. The predicted molar refractivity (Wildman–Crippen MR) is 120 cm³/mol. The highest BCUT2D eigenvalue weighted by atomic mass is 32.2. The van der Waals surface area contributed by atoms with Gasteiger partial charge in [0.15, 0.2) is 24.6 Å². The van der Waals surface area contributed by atoms with Crippen LogP contribution < -0.4 is 11.1 Å². The summed E-state index contributed by atoms with van der Waals surface area (Å²) in [5, 5.41) is 2.36. The maximum Gasteiger partial charge on any atom is 0.303 e. The predicted octanol–water partition coefficient (Wildman–Crippen LogP) is -2.19. The SMILES string of the molecule is CC(=O)OC[C@H]1O[C@@H](OC[C@H](N)C(=O)NCCCS(=O)(=O)O)[C@H](OC(C)=O)[C@@H](OC(C)=O)[C@@H]1OC(C)=O. The Morgan fingerprint density at radius 2 is 1.46 bits per heavy atom. The topological polar surface area (TPSA) is 233 Å². The molecule has 1 amide bonds. The number of amides is 1. The van der Waals surface area contributed by atoms with Crippen LogP contribution in [0.1, 0.15) is 34.1 Å². The standard InChI is InChI=1S/C20H32N2O14S/c1-10(23)31-9-15-16(33-11(2)24)17(34-12(3)25)18(35-13(4)26)20(36-15)32-8-14(21)19(27)22-6-5-7-37(28,29)30/h14-18,20H,5-9,21H2,1-4H3,(H,22,27)(H,28,29,30)/t14-,15+,16+,17-,18+,20+/m0/s1. The zero-order valence-corrected chi connectivity index (χ0v) is 21.6. The molecule has 1 aliphatic rings. The summed E-state index contributed by atoms with van der Waals surface area (Å²) in [5.74, 6) is -4.45. The van der Waals surface area contributed by atoms with E-state index in [-0.39, 0.29) is 13.0 Å². The van der Waals surface area contributed by atoms with Gasteiger partial charge in [0.1, 0.15) is 18.8 Å². The van der Waals surface area contributed by atoms with Crippen LogP contribution >= 0.6 is 0 Å². The second-order valence-corrected chi connectivity index (χ2v) is 9.51. The molecule has 17 heteroatoms. The van der Waals surface area contributed by atoms with E-state index in [1.807, 2.05) is 0 Å². The highest BCUT2D eigenvalue weighted by Crippen LogP contribution is 2.30. The number of esters is 4. The lowest BCUT2D eigenvalue weighted by Crippen LogP contribution is -2.63. The molecule has 0 bridgehead atoms. The van der Waals surface area contributed by atoms with Gasteiger partial charge >= 0.3 is 23.9 Å². The molecule has 6 atom stereocenters. The van der Waals surface area contributed by atoms with Crippen molar-refractivity contribution in [2.24, 2.45) is 5.73 Å². The van der Waals surface area contributed by atoms with Crippen LogP contribution in [0.3, 0.4) is 0 Å². The van der Waals surface area contributed by atoms with Crippen LogP contribution in [0.15, 0.2) is 0 Å². The first-order valence-corrected chi connectivity index (χ1v) is 12.6. The summed E-state index contributed by atoms with van der Waals surface area (Å²) < 4.78 is 62.1. The molecule has 1 rings (SSSR count).